The Morgan fingerprint density at radius 2 is 2.22 bits per heavy atom. The number of rotatable bonds is 5. The molecule has 0 bridgehead atoms. The van der Waals surface area contributed by atoms with Crippen LogP contribution in [-0.2, 0) is 11.3 Å². The van der Waals surface area contributed by atoms with E-state index in [-0.39, 0.29) is 17.9 Å². The Hall–Kier alpha value is -1.92. The molecule has 6 heteroatoms. The largest absolute Gasteiger partial charge is 0.394 e. The molecular formula is C17H23N3O2S. The van der Waals surface area contributed by atoms with Crippen LogP contribution in [0.15, 0.2) is 35.2 Å². The Balaban J connectivity index is 2.23. The van der Waals surface area contributed by atoms with Gasteiger partial charge in [-0.3, -0.25) is 4.79 Å². The second-order valence-electron chi connectivity index (χ2n) is 6.41. The lowest BCUT2D eigenvalue weighted by Crippen LogP contribution is -2.17. The van der Waals surface area contributed by atoms with Crippen LogP contribution in [0, 0.1) is 5.41 Å². The fourth-order valence-corrected chi connectivity index (χ4v) is 2.58. The van der Waals surface area contributed by atoms with Crippen LogP contribution in [-0.4, -0.2) is 27.4 Å². The topological polar surface area (TPSA) is 67.2 Å². The number of aromatic nitrogens is 2. The summed E-state index contributed by atoms with van der Waals surface area (Å²) in [4.78, 5) is 13.3. The molecule has 2 rings (SSSR count). The number of nitrogens with one attached hydrogen (secondary N) is 1. The molecule has 0 saturated heterocycles. The maximum atomic E-state index is 12.2. The highest BCUT2D eigenvalue weighted by molar-refractivity contribution is 7.13. The molecule has 0 radical (unpaired) electrons. The molecule has 0 spiro atoms. The number of allylic oxidation sites excluding steroid dienone is 1. The summed E-state index contributed by atoms with van der Waals surface area (Å²) in [5, 5.41) is 18.5. The van der Waals surface area contributed by atoms with E-state index >= 15 is 0 Å². The minimum absolute atomic E-state index is 0.0364. The number of nitrogens with zero attached hydrogens (tertiary/aromatic N) is 2. The summed E-state index contributed by atoms with van der Waals surface area (Å²) in [5.41, 5.74) is 1.74. The number of hydrogen-bond acceptors (Lipinski definition) is 4. The van der Waals surface area contributed by atoms with Crippen LogP contribution in [0.4, 0.5) is 5.82 Å². The van der Waals surface area contributed by atoms with E-state index in [9.17, 15) is 9.90 Å². The lowest BCUT2D eigenvalue weighted by atomic mass is 9.87. The van der Waals surface area contributed by atoms with Gasteiger partial charge in [0.2, 0.25) is 5.91 Å². The zero-order chi connectivity index (χ0) is 17.0. The van der Waals surface area contributed by atoms with Crippen LogP contribution in [0.25, 0.3) is 10.6 Å². The van der Waals surface area contributed by atoms with Crippen LogP contribution < -0.4 is 5.32 Å². The van der Waals surface area contributed by atoms with Gasteiger partial charge >= 0.3 is 0 Å². The number of amides is 1. The van der Waals surface area contributed by atoms with E-state index in [1.807, 2.05) is 30.5 Å². The molecule has 2 N–H and O–H groups in total. The molecule has 1 amide bonds. The molecule has 5 nitrogen and oxygen atoms in total. The third kappa shape index (κ3) is 4.53. The summed E-state index contributed by atoms with van der Waals surface area (Å²) in [6, 6.07) is 5.77. The van der Waals surface area contributed by atoms with Gasteiger partial charge in [0.15, 0.2) is 0 Å². The van der Waals surface area contributed by atoms with Gasteiger partial charge in [-0.2, -0.15) is 5.10 Å². The van der Waals surface area contributed by atoms with Crippen molar-refractivity contribution in [2.24, 2.45) is 5.41 Å². The monoisotopic (exact) mass is 333 g/mol. The Morgan fingerprint density at radius 1 is 1.48 bits per heavy atom. The van der Waals surface area contributed by atoms with Crippen molar-refractivity contribution in [3.63, 3.8) is 0 Å². The zero-order valence-electron chi connectivity index (χ0n) is 14.0. The van der Waals surface area contributed by atoms with E-state index in [2.05, 4.69) is 31.2 Å². The zero-order valence-corrected chi connectivity index (χ0v) is 14.8. The fourth-order valence-electron chi connectivity index (χ4n) is 1.90. The van der Waals surface area contributed by atoms with E-state index in [4.69, 9.17) is 0 Å². The maximum Gasteiger partial charge on any atom is 0.249 e. The van der Waals surface area contributed by atoms with Gasteiger partial charge < -0.3 is 10.4 Å². The van der Waals surface area contributed by atoms with Crippen molar-refractivity contribution in [1.29, 1.82) is 0 Å². The third-order valence-corrected chi connectivity index (χ3v) is 4.54. The summed E-state index contributed by atoms with van der Waals surface area (Å²) in [6.45, 7) is 8.45. The Kier molecular flexibility index (Phi) is 5.38. The van der Waals surface area contributed by atoms with Crippen LogP contribution in [0.1, 0.15) is 27.7 Å². The van der Waals surface area contributed by atoms with E-state index in [0.29, 0.717) is 12.4 Å². The Morgan fingerprint density at radius 3 is 2.78 bits per heavy atom. The molecular weight excluding hydrogens is 310 g/mol. The average Bonchev–Trinajstić information content (AvgIpc) is 3.08. The number of carbonyl (C=O) groups excluding carboxylic acids is 1. The van der Waals surface area contributed by atoms with Gasteiger partial charge in [-0.15, -0.1) is 11.3 Å². The van der Waals surface area contributed by atoms with Gasteiger partial charge in [0.25, 0.3) is 0 Å². The molecule has 124 valence electrons. The van der Waals surface area contributed by atoms with Gasteiger partial charge in [0, 0.05) is 12.1 Å². The first kappa shape index (κ1) is 17.4. The van der Waals surface area contributed by atoms with Crippen molar-refractivity contribution in [2.45, 2.75) is 34.2 Å². The second kappa shape index (κ2) is 7.10. The summed E-state index contributed by atoms with van der Waals surface area (Å²) < 4.78 is 1.62. The molecule has 23 heavy (non-hydrogen) atoms. The minimum atomic E-state index is -0.186. The summed E-state index contributed by atoms with van der Waals surface area (Å²) in [5.74, 6) is 0.402. The first-order chi connectivity index (χ1) is 10.8. The predicted molar refractivity (Wildman–Crippen MR) is 94.5 cm³/mol. The van der Waals surface area contributed by atoms with Gasteiger partial charge in [-0.05, 0) is 23.8 Å². The van der Waals surface area contributed by atoms with Crippen molar-refractivity contribution < 1.29 is 9.90 Å². The Bertz CT molecular complexity index is 694. The smallest absolute Gasteiger partial charge is 0.249 e. The predicted octanol–water partition coefficient (Wildman–Crippen LogP) is 3.53. The van der Waals surface area contributed by atoms with E-state index in [1.54, 1.807) is 22.1 Å². The molecule has 2 aromatic rings. The maximum absolute atomic E-state index is 12.2. The highest BCUT2D eigenvalue weighted by Crippen LogP contribution is 2.27. The lowest BCUT2D eigenvalue weighted by molar-refractivity contribution is -0.112. The van der Waals surface area contributed by atoms with Gasteiger partial charge in [0.1, 0.15) is 11.5 Å². The third-order valence-electron chi connectivity index (χ3n) is 3.65. The number of anilines is 1. The Labute approximate surface area is 140 Å². The minimum Gasteiger partial charge on any atom is -0.394 e. The van der Waals surface area contributed by atoms with Crippen LogP contribution >= 0.6 is 11.3 Å². The van der Waals surface area contributed by atoms with Crippen molar-refractivity contribution in [1.82, 2.24) is 9.78 Å². The quantitative estimate of drug-likeness (QED) is 0.823. The number of aliphatic hydroxyl groups excluding tert-OH is 1. The summed E-state index contributed by atoms with van der Waals surface area (Å²) >= 11 is 1.59. The van der Waals surface area contributed by atoms with Crippen molar-refractivity contribution >= 4 is 23.1 Å². The molecule has 0 aliphatic carbocycles. The fraction of sp³-hybridized carbons (Fsp3) is 0.412. The van der Waals surface area contributed by atoms with E-state index in [0.717, 1.165) is 16.1 Å². The van der Waals surface area contributed by atoms with Gasteiger partial charge in [-0.1, -0.05) is 32.4 Å². The van der Waals surface area contributed by atoms with Crippen LogP contribution in [0.3, 0.4) is 0 Å². The normalized spacial score (nSPS) is 12.5. The molecule has 0 aromatic carbocycles. The highest BCUT2D eigenvalue weighted by atomic mass is 32.1. The van der Waals surface area contributed by atoms with E-state index < -0.39 is 0 Å². The number of aliphatic hydroxyl groups is 1. The van der Waals surface area contributed by atoms with Crippen molar-refractivity contribution in [3.8, 4) is 10.6 Å². The average molecular weight is 333 g/mol. The molecule has 2 heterocycles. The van der Waals surface area contributed by atoms with Gasteiger partial charge in [0.05, 0.1) is 18.0 Å². The van der Waals surface area contributed by atoms with Crippen molar-refractivity contribution in [2.75, 3.05) is 11.9 Å². The number of thiophene rings is 1. The molecule has 0 unspecified atom stereocenters. The van der Waals surface area contributed by atoms with E-state index in [1.165, 1.54) is 0 Å². The van der Waals surface area contributed by atoms with Crippen molar-refractivity contribution in [3.05, 3.63) is 35.2 Å². The summed E-state index contributed by atoms with van der Waals surface area (Å²) in [7, 11) is 0. The molecule has 0 atom stereocenters. The number of carbonyl (C=O) groups is 1. The highest BCUT2D eigenvalue weighted by Gasteiger charge is 2.15. The van der Waals surface area contributed by atoms with Gasteiger partial charge in [-0.25, -0.2) is 4.68 Å². The first-order valence-corrected chi connectivity index (χ1v) is 8.41. The molecule has 0 fully saturated rings. The molecule has 0 saturated carbocycles. The van der Waals surface area contributed by atoms with Crippen LogP contribution in [0.2, 0.25) is 0 Å². The standard InChI is InChI=1S/C17H23N3O2S/c1-12(17(2,3)4)10-16(22)18-15-11-13(14-6-5-9-23-14)19-20(15)7-8-21/h5-6,9-11,21H,7-8H2,1-4H3,(H,18,22)/b12-10-. The molecule has 0 aliphatic heterocycles. The molecule has 2 aromatic heterocycles. The lowest BCUT2D eigenvalue weighted by Gasteiger charge is -2.19. The summed E-state index contributed by atoms with van der Waals surface area (Å²) in [6.07, 6.45) is 1.61. The second-order valence-corrected chi connectivity index (χ2v) is 7.35. The SMILES string of the molecule is C/C(=C/C(=O)Nc1cc(-c2cccs2)nn1CCO)C(C)(C)C. The molecule has 0 aliphatic rings. The first-order valence-electron chi connectivity index (χ1n) is 7.53. The number of hydrogen-bond donors (Lipinski definition) is 2. The van der Waals surface area contributed by atoms with Crippen LogP contribution in [0.5, 0.6) is 0 Å².